The molecule has 3 rings (SSSR count). The van der Waals surface area contributed by atoms with Crippen molar-refractivity contribution in [3.63, 3.8) is 0 Å². The second-order valence-corrected chi connectivity index (χ2v) is 5.36. The van der Waals surface area contributed by atoms with Crippen molar-refractivity contribution in [3.05, 3.63) is 59.1 Å². The number of aryl methyl sites for hydroxylation is 1. The van der Waals surface area contributed by atoms with Gasteiger partial charge in [0.1, 0.15) is 12.3 Å². The predicted molar refractivity (Wildman–Crippen MR) is 82.9 cm³/mol. The summed E-state index contributed by atoms with van der Waals surface area (Å²) in [6.45, 7) is 3.02. The molecule has 0 aliphatic heterocycles. The number of carbonyl (C=O) groups excluding carboxylic acids is 2. The van der Waals surface area contributed by atoms with Crippen molar-refractivity contribution in [1.29, 1.82) is 0 Å². The zero-order valence-corrected chi connectivity index (χ0v) is 12.9. The molecule has 0 fully saturated rings. The van der Waals surface area contributed by atoms with Gasteiger partial charge in [-0.15, -0.1) is 5.10 Å². The molecule has 1 aromatic carbocycles. The fraction of sp³-hybridized carbons (Fsp3) is 0.294. The van der Waals surface area contributed by atoms with E-state index in [4.69, 9.17) is 4.74 Å². The molecule has 2 aromatic rings. The van der Waals surface area contributed by atoms with Crippen molar-refractivity contribution in [2.75, 3.05) is 0 Å². The Bertz CT molecular complexity index is 777. The molecule has 1 heterocycles. The lowest BCUT2D eigenvalue weighted by Gasteiger charge is -2.14. The SMILES string of the molecule is CCCCn1cc(COC2=CC(=O)c3ccccc3C2=O)nn1. The van der Waals surface area contributed by atoms with E-state index in [2.05, 4.69) is 17.2 Å². The van der Waals surface area contributed by atoms with Gasteiger partial charge in [0.2, 0.25) is 5.78 Å². The Morgan fingerprint density at radius 3 is 2.74 bits per heavy atom. The van der Waals surface area contributed by atoms with Gasteiger partial charge in [-0.2, -0.15) is 0 Å². The average Bonchev–Trinajstić information content (AvgIpc) is 3.03. The molecular formula is C17H17N3O3. The first kappa shape index (κ1) is 15.1. The predicted octanol–water partition coefficient (Wildman–Crippen LogP) is 2.56. The number of rotatable bonds is 6. The van der Waals surface area contributed by atoms with Gasteiger partial charge in [-0.1, -0.05) is 42.8 Å². The molecule has 0 saturated heterocycles. The van der Waals surface area contributed by atoms with Gasteiger partial charge in [-0.25, -0.2) is 0 Å². The summed E-state index contributed by atoms with van der Waals surface area (Å²) in [6, 6.07) is 6.74. The number of unbranched alkanes of at least 4 members (excludes halogenated alkanes) is 1. The van der Waals surface area contributed by atoms with Gasteiger partial charge in [0.15, 0.2) is 11.5 Å². The van der Waals surface area contributed by atoms with Crippen LogP contribution in [-0.4, -0.2) is 26.6 Å². The third-order valence-corrected chi connectivity index (χ3v) is 3.63. The molecule has 1 aliphatic rings. The zero-order valence-electron chi connectivity index (χ0n) is 12.9. The first-order valence-corrected chi connectivity index (χ1v) is 7.60. The molecule has 0 spiro atoms. The minimum Gasteiger partial charge on any atom is -0.483 e. The second kappa shape index (κ2) is 6.56. The Kier molecular flexibility index (Phi) is 4.32. The van der Waals surface area contributed by atoms with Crippen LogP contribution >= 0.6 is 0 Å². The average molecular weight is 311 g/mol. The van der Waals surface area contributed by atoms with E-state index in [1.807, 2.05) is 0 Å². The lowest BCUT2D eigenvalue weighted by molar-refractivity contribution is 0.0867. The number of hydrogen-bond donors (Lipinski definition) is 0. The molecular weight excluding hydrogens is 294 g/mol. The summed E-state index contributed by atoms with van der Waals surface area (Å²) in [7, 11) is 0. The highest BCUT2D eigenvalue weighted by Crippen LogP contribution is 2.22. The number of ketones is 2. The monoisotopic (exact) mass is 311 g/mol. The number of nitrogens with zero attached hydrogens (tertiary/aromatic N) is 3. The Labute approximate surface area is 133 Å². The maximum absolute atomic E-state index is 12.3. The molecule has 6 heteroatoms. The number of benzene rings is 1. The van der Waals surface area contributed by atoms with Crippen molar-refractivity contribution in [1.82, 2.24) is 15.0 Å². The molecule has 0 saturated carbocycles. The summed E-state index contributed by atoms with van der Waals surface area (Å²) in [5, 5.41) is 8.01. The quantitative estimate of drug-likeness (QED) is 0.819. The van der Waals surface area contributed by atoms with Gasteiger partial charge in [0, 0.05) is 23.7 Å². The van der Waals surface area contributed by atoms with Gasteiger partial charge in [-0.3, -0.25) is 14.3 Å². The number of aromatic nitrogens is 3. The molecule has 0 radical (unpaired) electrons. The van der Waals surface area contributed by atoms with Gasteiger partial charge in [0.25, 0.3) is 0 Å². The van der Waals surface area contributed by atoms with Crippen LogP contribution in [0.3, 0.4) is 0 Å². The van der Waals surface area contributed by atoms with Crippen LogP contribution in [0, 0.1) is 0 Å². The van der Waals surface area contributed by atoms with E-state index < -0.39 is 0 Å². The Hall–Kier alpha value is -2.76. The summed E-state index contributed by atoms with van der Waals surface area (Å²) in [5.41, 5.74) is 1.41. The third kappa shape index (κ3) is 3.21. The van der Waals surface area contributed by atoms with Crippen molar-refractivity contribution in [3.8, 4) is 0 Å². The van der Waals surface area contributed by atoms with E-state index in [1.165, 1.54) is 6.08 Å². The van der Waals surface area contributed by atoms with Crippen molar-refractivity contribution in [2.24, 2.45) is 0 Å². The van der Waals surface area contributed by atoms with Crippen molar-refractivity contribution >= 4 is 11.6 Å². The van der Waals surface area contributed by atoms with Crippen molar-refractivity contribution in [2.45, 2.75) is 32.9 Å². The first-order chi connectivity index (χ1) is 11.2. The fourth-order valence-electron chi connectivity index (χ4n) is 2.38. The highest BCUT2D eigenvalue weighted by molar-refractivity contribution is 6.23. The largest absolute Gasteiger partial charge is 0.483 e. The smallest absolute Gasteiger partial charge is 0.228 e. The van der Waals surface area contributed by atoms with Crippen molar-refractivity contribution < 1.29 is 14.3 Å². The second-order valence-electron chi connectivity index (χ2n) is 5.36. The number of ether oxygens (including phenoxy) is 1. The Balaban J connectivity index is 1.68. The van der Waals surface area contributed by atoms with Gasteiger partial charge in [-0.05, 0) is 6.42 Å². The lowest BCUT2D eigenvalue weighted by Crippen LogP contribution is -2.18. The molecule has 6 nitrogen and oxygen atoms in total. The van der Waals surface area contributed by atoms with Crippen LogP contribution in [0.1, 0.15) is 46.2 Å². The van der Waals surface area contributed by atoms with Crippen LogP contribution in [0.4, 0.5) is 0 Å². The third-order valence-electron chi connectivity index (χ3n) is 3.63. The van der Waals surface area contributed by atoms with Gasteiger partial charge in [0.05, 0.1) is 6.20 Å². The first-order valence-electron chi connectivity index (χ1n) is 7.60. The summed E-state index contributed by atoms with van der Waals surface area (Å²) >= 11 is 0. The number of carbonyl (C=O) groups is 2. The van der Waals surface area contributed by atoms with Crippen LogP contribution < -0.4 is 0 Å². The molecule has 1 aromatic heterocycles. The molecule has 23 heavy (non-hydrogen) atoms. The minimum atomic E-state index is -0.279. The molecule has 0 unspecified atom stereocenters. The summed E-state index contributed by atoms with van der Waals surface area (Å²) in [4.78, 5) is 24.4. The number of allylic oxidation sites excluding steroid dienone is 2. The highest BCUT2D eigenvalue weighted by Gasteiger charge is 2.26. The zero-order chi connectivity index (χ0) is 16.2. The van der Waals surface area contributed by atoms with Crippen LogP contribution in [0.5, 0.6) is 0 Å². The maximum atomic E-state index is 12.3. The standard InChI is InChI=1S/C17H17N3O3/c1-2-3-8-20-10-12(18-19-20)11-23-16-9-15(21)13-6-4-5-7-14(13)17(16)22/h4-7,9-10H,2-3,8,11H2,1H3. The topological polar surface area (TPSA) is 74.1 Å². The van der Waals surface area contributed by atoms with E-state index in [-0.39, 0.29) is 23.9 Å². The van der Waals surface area contributed by atoms with Crippen LogP contribution in [0.2, 0.25) is 0 Å². The van der Waals surface area contributed by atoms with Crippen LogP contribution in [0.25, 0.3) is 0 Å². The highest BCUT2D eigenvalue weighted by atomic mass is 16.5. The maximum Gasteiger partial charge on any atom is 0.228 e. The van der Waals surface area contributed by atoms with E-state index >= 15 is 0 Å². The summed E-state index contributed by atoms with van der Waals surface area (Å²) in [5.74, 6) is -0.447. The lowest BCUT2D eigenvalue weighted by atomic mass is 9.94. The number of hydrogen-bond acceptors (Lipinski definition) is 5. The molecule has 0 amide bonds. The van der Waals surface area contributed by atoms with E-state index in [1.54, 1.807) is 35.1 Å². The van der Waals surface area contributed by atoms with Crippen LogP contribution in [-0.2, 0) is 17.9 Å². The van der Waals surface area contributed by atoms with Crippen LogP contribution in [0.15, 0.2) is 42.3 Å². The molecule has 0 bridgehead atoms. The summed E-state index contributed by atoms with van der Waals surface area (Å²) in [6.07, 6.45) is 5.14. The fourth-order valence-corrected chi connectivity index (χ4v) is 2.38. The Morgan fingerprint density at radius 2 is 1.96 bits per heavy atom. The van der Waals surface area contributed by atoms with Gasteiger partial charge >= 0.3 is 0 Å². The summed E-state index contributed by atoms with van der Waals surface area (Å²) < 4.78 is 7.25. The van der Waals surface area contributed by atoms with E-state index in [0.29, 0.717) is 16.8 Å². The molecule has 1 aliphatic carbocycles. The normalized spacial score (nSPS) is 13.7. The van der Waals surface area contributed by atoms with E-state index in [0.717, 1.165) is 19.4 Å². The molecule has 0 atom stereocenters. The van der Waals surface area contributed by atoms with Gasteiger partial charge < -0.3 is 4.74 Å². The molecule has 118 valence electrons. The minimum absolute atomic E-state index is 0.0526. The number of Topliss-reactive ketones (excluding diaryl/α,β-unsaturated/α-hetero) is 1. The van der Waals surface area contributed by atoms with E-state index in [9.17, 15) is 9.59 Å². The Morgan fingerprint density at radius 1 is 1.17 bits per heavy atom. The molecule has 0 N–H and O–H groups in total. The number of fused-ring (bicyclic) bond motifs is 1.